The van der Waals surface area contributed by atoms with Crippen molar-refractivity contribution in [2.24, 2.45) is 0 Å². The molecule has 1 unspecified atom stereocenters. The summed E-state index contributed by atoms with van der Waals surface area (Å²) in [5.41, 5.74) is 2.26. The van der Waals surface area contributed by atoms with Crippen molar-refractivity contribution in [1.29, 1.82) is 0 Å². The van der Waals surface area contributed by atoms with Crippen molar-refractivity contribution in [3.05, 3.63) is 52.9 Å². The van der Waals surface area contributed by atoms with Gasteiger partial charge in [0.1, 0.15) is 0 Å². The highest BCUT2D eigenvalue weighted by molar-refractivity contribution is 7.11. The van der Waals surface area contributed by atoms with Crippen molar-refractivity contribution < 1.29 is 9.53 Å². The summed E-state index contributed by atoms with van der Waals surface area (Å²) in [5.74, 6) is 0.178. The van der Waals surface area contributed by atoms with E-state index in [1.807, 2.05) is 35.7 Å². The van der Waals surface area contributed by atoms with E-state index in [4.69, 9.17) is 4.74 Å². The maximum Gasteiger partial charge on any atom is 0.183 e. The van der Waals surface area contributed by atoms with E-state index in [0.717, 1.165) is 17.0 Å². The number of benzene rings is 1. The van der Waals surface area contributed by atoms with E-state index in [2.05, 4.69) is 6.07 Å². The molecule has 2 aromatic rings. The second-order valence-electron chi connectivity index (χ2n) is 4.10. The summed E-state index contributed by atoms with van der Waals surface area (Å²) in [5, 5.41) is 2.76. The van der Waals surface area contributed by atoms with Gasteiger partial charge in [0.15, 0.2) is 17.0 Å². The molecule has 0 N–H and O–H groups in total. The van der Waals surface area contributed by atoms with Crippen LogP contribution in [0.15, 0.2) is 41.8 Å². The number of ether oxygens (including phenoxy) is 1. The van der Waals surface area contributed by atoms with Crippen LogP contribution in [-0.4, -0.2) is 5.78 Å². The van der Waals surface area contributed by atoms with Crippen molar-refractivity contribution >= 4 is 17.1 Å². The number of fused-ring (bicyclic) bond motifs is 1. The Kier molecular flexibility index (Phi) is 2.69. The molecule has 17 heavy (non-hydrogen) atoms. The molecule has 1 heterocycles. The molecule has 1 aromatic heterocycles. The maximum absolute atomic E-state index is 12.0. The molecular weight excluding hydrogens is 232 g/mol. The topological polar surface area (TPSA) is 26.3 Å². The molecule has 1 aliphatic carbocycles. The SMILES string of the molecule is O=C1CCc2ccccc2C1Oc1cccs1. The van der Waals surface area contributed by atoms with Crippen molar-refractivity contribution in [2.45, 2.75) is 18.9 Å². The predicted octanol–water partition coefficient (Wildman–Crippen LogP) is 3.38. The molecule has 0 radical (unpaired) electrons. The normalized spacial score (nSPS) is 18.8. The Bertz CT molecular complexity index is 531. The Morgan fingerprint density at radius 2 is 2.00 bits per heavy atom. The lowest BCUT2D eigenvalue weighted by Gasteiger charge is -2.24. The van der Waals surface area contributed by atoms with Gasteiger partial charge in [-0.25, -0.2) is 0 Å². The molecule has 0 spiro atoms. The van der Waals surface area contributed by atoms with E-state index in [9.17, 15) is 4.79 Å². The van der Waals surface area contributed by atoms with Crippen LogP contribution in [0.4, 0.5) is 0 Å². The fourth-order valence-corrected chi connectivity index (χ4v) is 2.76. The molecule has 0 aliphatic heterocycles. The molecule has 0 saturated heterocycles. The minimum atomic E-state index is -0.418. The highest BCUT2D eigenvalue weighted by Crippen LogP contribution is 2.32. The van der Waals surface area contributed by atoms with Crippen LogP contribution in [-0.2, 0) is 11.2 Å². The van der Waals surface area contributed by atoms with Crippen LogP contribution in [0.3, 0.4) is 0 Å². The zero-order chi connectivity index (χ0) is 11.7. The third kappa shape index (κ3) is 1.98. The molecule has 1 aliphatic rings. The van der Waals surface area contributed by atoms with E-state index in [1.54, 1.807) is 0 Å². The second-order valence-corrected chi connectivity index (χ2v) is 5.01. The molecule has 0 amide bonds. The molecule has 3 heteroatoms. The van der Waals surface area contributed by atoms with Crippen LogP contribution in [0.2, 0.25) is 0 Å². The average Bonchev–Trinajstić information content (AvgIpc) is 2.86. The standard InChI is InChI=1S/C14H12O2S/c15-12-8-7-10-4-1-2-5-11(10)14(12)16-13-6-3-9-17-13/h1-6,9,14H,7-8H2. The summed E-state index contributed by atoms with van der Waals surface area (Å²) in [6.45, 7) is 0. The van der Waals surface area contributed by atoms with Crippen molar-refractivity contribution in [3.8, 4) is 5.06 Å². The first-order valence-corrected chi connectivity index (χ1v) is 6.53. The first kappa shape index (κ1) is 10.5. The number of Topliss-reactive ketones (excluding diaryl/α,β-unsaturated/α-hetero) is 1. The van der Waals surface area contributed by atoms with Crippen LogP contribution < -0.4 is 4.74 Å². The molecule has 1 aromatic carbocycles. The van der Waals surface area contributed by atoms with Gasteiger partial charge in [-0.15, -0.1) is 11.3 Å². The third-order valence-electron chi connectivity index (χ3n) is 3.00. The summed E-state index contributed by atoms with van der Waals surface area (Å²) < 4.78 is 5.80. The molecule has 1 atom stereocenters. The van der Waals surface area contributed by atoms with Gasteiger partial charge in [-0.05, 0) is 29.5 Å². The Labute approximate surface area is 104 Å². The van der Waals surface area contributed by atoms with Crippen LogP contribution in [0, 0.1) is 0 Å². The largest absolute Gasteiger partial charge is 0.468 e. The van der Waals surface area contributed by atoms with Crippen LogP contribution in [0.5, 0.6) is 5.06 Å². The number of hydrogen-bond acceptors (Lipinski definition) is 3. The lowest BCUT2D eigenvalue weighted by atomic mass is 9.88. The van der Waals surface area contributed by atoms with Gasteiger partial charge in [-0.1, -0.05) is 24.3 Å². The Morgan fingerprint density at radius 3 is 2.82 bits per heavy atom. The Balaban J connectivity index is 1.95. The summed E-state index contributed by atoms with van der Waals surface area (Å²) >= 11 is 1.52. The van der Waals surface area contributed by atoms with Gasteiger partial charge in [0.25, 0.3) is 0 Å². The average molecular weight is 244 g/mol. The molecular formula is C14H12O2S. The van der Waals surface area contributed by atoms with Gasteiger partial charge in [0.2, 0.25) is 0 Å². The third-order valence-corrected chi connectivity index (χ3v) is 3.76. The number of thiophene rings is 1. The van der Waals surface area contributed by atoms with E-state index in [0.29, 0.717) is 6.42 Å². The van der Waals surface area contributed by atoms with Gasteiger partial charge in [-0.3, -0.25) is 4.79 Å². The summed E-state index contributed by atoms with van der Waals surface area (Å²) in [7, 11) is 0. The maximum atomic E-state index is 12.0. The zero-order valence-electron chi connectivity index (χ0n) is 9.26. The summed E-state index contributed by atoms with van der Waals surface area (Å²) in [6, 6.07) is 11.9. The summed E-state index contributed by atoms with van der Waals surface area (Å²) in [4.78, 5) is 12.0. The highest BCUT2D eigenvalue weighted by atomic mass is 32.1. The molecule has 0 bridgehead atoms. The van der Waals surface area contributed by atoms with Gasteiger partial charge < -0.3 is 4.74 Å². The van der Waals surface area contributed by atoms with Gasteiger partial charge in [-0.2, -0.15) is 0 Å². The first-order chi connectivity index (χ1) is 8.34. The zero-order valence-corrected chi connectivity index (χ0v) is 10.1. The minimum Gasteiger partial charge on any atom is -0.468 e. The smallest absolute Gasteiger partial charge is 0.183 e. The van der Waals surface area contributed by atoms with Gasteiger partial charge in [0, 0.05) is 12.0 Å². The summed E-state index contributed by atoms with van der Waals surface area (Å²) in [6.07, 6.45) is 0.991. The lowest BCUT2D eigenvalue weighted by Crippen LogP contribution is -2.24. The number of rotatable bonds is 2. The fraction of sp³-hybridized carbons (Fsp3) is 0.214. The molecule has 0 saturated carbocycles. The van der Waals surface area contributed by atoms with Crippen molar-refractivity contribution in [2.75, 3.05) is 0 Å². The van der Waals surface area contributed by atoms with Crippen molar-refractivity contribution in [3.63, 3.8) is 0 Å². The Hall–Kier alpha value is -1.61. The van der Waals surface area contributed by atoms with Crippen LogP contribution in [0.25, 0.3) is 0 Å². The van der Waals surface area contributed by atoms with Crippen LogP contribution in [0.1, 0.15) is 23.7 Å². The second kappa shape index (κ2) is 4.34. The molecule has 2 nitrogen and oxygen atoms in total. The Morgan fingerprint density at radius 1 is 1.12 bits per heavy atom. The van der Waals surface area contributed by atoms with E-state index in [-0.39, 0.29) is 5.78 Å². The quantitative estimate of drug-likeness (QED) is 0.809. The monoisotopic (exact) mass is 244 g/mol. The number of carbonyl (C=O) groups excluding carboxylic acids is 1. The highest BCUT2D eigenvalue weighted by Gasteiger charge is 2.29. The van der Waals surface area contributed by atoms with Crippen molar-refractivity contribution in [1.82, 2.24) is 0 Å². The van der Waals surface area contributed by atoms with Crippen LogP contribution >= 0.6 is 11.3 Å². The number of hydrogen-bond donors (Lipinski definition) is 0. The fourth-order valence-electron chi connectivity index (χ4n) is 2.16. The van der Waals surface area contributed by atoms with E-state index >= 15 is 0 Å². The minimum absolute atomic E-state index is 0.178. The van der Waals surface area contributed by atoms with Gasteiger partial charge in [0.05, 0.1) is 0 Å². The number of ketones is 1. The van der Waals surface area contributed by atoms with E-state index < -0.39 is 6.10 Å². The lowest BCUT2D eigenvalue weighted by molar-refractivity contribution is -0.126. The first-order valence-electron chi connectivity index (χ1n) is 5.65. The molecule has 86 valence electrons. The number of carbonyl (C=O) groups is 1. The molecule has 3 rings (SSSR count). The molecule has 0 fully saturated rings. The number of aryl methyl sites for hydroxylation is 1. The van der Waals surface area contributed by atoms with Gasteiger partial charge >= 0.3 is 0 Å². The van der Waals surface area contributed by atoms with E-state index in [1.165, 1.54) is 16.9 Å². The predicted molar refractivity (Wildman–Crippen MR) is 67.5 cm³/mol.